The van der Waals surface area contributed by atoms with Crippen LogP contribution in [0.4, 0.5) is 5.95 Å². The average Bonchev–Trinajstić information content (AvgIpc) is 3.08. The van der Waals surface area contributed by atoms with E-state index in [1.165, 1.54) is 0 Å². The van der Waals surface area contributed by atoms with Crippen molar-refractivity contribution in [1.29, 1.82) is 0 Å². The van der Waals surface area contributed by atoms with Gasteiger partial charge in [-0.3, -0.25) is 10.1 Å². The number of anilines is 1. The Hall–Kier alpha value is -3.32. The fourth-order valence-corrected chi connectivity index (χ4v) is 3.41. The second-order valence-electron chi connectivity index (χ2n) is 7.18. The molecule has 4 aromatic rings. The lowest BCUT2D eigenvalue weighted by Crippen LogP contribution is -2.16. The molecular weight excluding hydrogens is 378 g/mol. The highest BCUT2D eigenvalue weighted by atomic mass is 16.5. The predicted molar refractivity (Wildman–Crippen MR) is 118 cm³/mol. The molecule has 0 bridgehead atoms. The van der Waals surface area contributed by atoms with E-state index in [1.807, 2.05) is 55.7 Å². The third-order valence-corrected chi connectivity index (χ3v) is 5.09. The summed E-state index contributed by atoms with van der Waals surface area (Å²) in [6, 6.07) is 13.2. The Morgan fingerprint density at radius 2 is 1.77 bits per heavy atom. The predicted octanol–water partition coefficient (Wildman–Crippen LogP) is 4.28. The van der Waals surface area contributed by atoms with E-state index in [9.17, 15) is 4.79 Å². The van der Waals surface area contributed by atoms with Crippen molar-refractivity contribution in [3.63, 3.8) is 0 Å². The Bertz CT molecular complexity index is 1220. The van der Waals surface area contributed by atoms with Crippen molar-refractivity contribution < 1.29 is 9.53 Å². The molecule has 0 radical (unpaired) electrons. The summed E-state index contributed by atoms with van der Waals surface area (Å²) in [5.74, 6) is 0.308. The van der Waals surface area contributed by atoms with Gasteiger partial charge in [-0.25, -0.2) is 15.0 Å². The van der Waals surface area contributed by atoms with Crippen LogP contribution in [0, 0.1) is 13.8 Å². The average molecular weight is 403 g/mol. The molecule has 30 heavy (non-hydrogen) atoms. The first kappa shape index (κ1) is 20.0. The summed E-state index contributed by atoms with van der Waals surface area (Å²) in [5.41, 5.74) is 5.58. The molecule has 0 spiro atoms. The highest BCUT2D eigenvalue weighted by molar-refractivity contribution is 6.05. The fraction of sp³-hybridized carbons (Fsp3) is 0.304. The molecule has 0 atom stereocenters. The summed E-state index contributed by atoms with van der Waals surface area (Å²) < 4.78 is 7.49. The smallest absolute Gasteiger partial charge is 0.258 e. The number of ether oxygens (including phenoxy) is 1. The number of aryl methyl sites for hydroxylation is 3. The maximum Gasteiger partial charge on any atom is 0.258 e. The number of hydrogen-bond acceptors (Lipinski definition) is 5. The molecule has 1 amide bonds. The molecule has 0 unspecified atom stereocenters. The van der Waals surface area contributed by atoms with Crippen molar-refractivity contribution >= 4 is 33.9 Å². The van der Waals surface area contributed by atoms with E-state index >= 15 is 0 Å². The van der Waals surface area contributed by atoms with Gasteiger partial charge in [0.2, 0.25) is 5.95 Å². The monoisotopic (exact) mass is 403 g/mol. The Kier molecular flexibility index (Phi) is 5.72. The molecule has 154 valence electrons. The summed E-state index contributed by atoms with van der Waals surface area (Å²) >= 11 is 0. The van der Waals surface area contributed by atoms with Crippen molar-refractivity contribution in [3.05, 3.63) is 59.4 Å². The van der Waals surface area contributed by atoms with E-state index in [0.29, 0.717) is 36.8 Å². The van der Waals surface area contributed by atoms with Gasteiger partial charge in [-0.05, 0) is 57.5 Å². The van der Waals surface area contributed by atoms with Crippen molar-refractivity contribution in [1.82, 2.24) is 19.5 Å². The number of nitrogens with zero attached hydrogens (tertiary/aromatic N) is 4. The van der Waals surface area contributed by atoms with E-state index in [-0.39, 0.29) is 5.91 Å². The minimum Gasteiger partial charge on any atom is -0.382 e. The third kappa shape index (κ3) is 4.02. The van der Waals surface area contributed by atoms with Crippen molar-refractivity contribution in [2.45, 2.75) is 33.7 Å². The van der Waals surface area contributed by atoms with Crippen LogP contribution in [0.25, 0.3) is 22.1 Å². The van der Waals surface area contributed by atoms with Crippen molar-refractivity contribution in [2.24, 2.45) is 0 Å². The largest absolute Gasteiger partial charge is 0.382 e. The summed E-state index contributed by atoms with van der Waals surface area (Å²) in [6.07, 6.45) is 0.835. The van der Waals surface area contributed by atoms with E-state index in [1.54, 1.807) is 12.1 Å². The topological polar surface area (TPSA) is 81.9 Å². The van der Waals surface area contributed by atoms with E-state index in [2.05, 4.69) is 20.3 Å². The first-order chi connectivity index (χ1) is 14.6. The maximum absolute atomic E-state index is 13.0. The van der Waals surface area contributed by atoms with Gasteiger partial charge in [-0.1, -0.05) is 12.1 Å². The van der Waals surface area contributed by atoms with Crippen LogP contribution in [0.5, 0.6) is 0 Å². The highest BCUT2D eigenvalue weighted by Crippen LogP contribution is 2.21. The van der Waals surface area contributed by atoms with Crippen LogP contribution < -0.4 is 5.32 Å². The minimum atomic E-state index is -0.224. The number of benzene rings is 2. The molecule has 0 fully saturated rings. The van der Waals surface area contributed by atoms with Crippen LogP contribution in [-0.4, -0.2) is 38.6 Å². The number of nitrogens with one attached hydrogen (secondary N) is 1. The molecule has 2 aromatic carbocycles. The van der Waals surface area contributed by atoms with Gasteiger partial charge in [0.25, 0.3) is 5.91 Å². The first-order valence-electron chi connectivity index (χ1n) is 10.2. The van der Waals surface area contributed by atoms with Crippen LogP contribution in [-0.2, 0) is 11.3 Å². The van der Waals surface area contributed by atoms with Gasteiger partial charge in [0.05, 0.1) is 33.5 Å². The van der Waals surface area contributed by atoms with Crippen LogP contribution in [0.15, 0.2) is 42.5 Å². The van der Waals surface area contributed by atoms with Crippen LogP contribution >= 0.6 is 0 Å². The van der Waals surface area contributed by atoms with Crippen LogP contribution in [0.2, 0.25) is 0 Å². The maximum atomic E-state index is 13.0. The van der Waals surface area contributed by atoms with E-state index < -0.39 is 0 Å². The molecule has 2 aromatic heterocycles. The third-order valence-electron chi connectivity index (χ3n) is 5.09. The summed E-state index contributed by atoms with van der Waals surface area (Å²) in [6.45, 7) is 7.89. The molecular formula is C23H25N5O2. The van der Waals surface area contributed by atoms with Gasteiger partial charge in [0.1, 0.15) is 0 Å². The number of rotatable bonds is 7. The second-order valence-corrected chi connectivity index (χ2v) is 7.18. The standard InChI is InChI=1S/C23H25N5O2/c1-4-30-13-7-12-28-21-9-6-5-8-19(21)26-23(28)27-22(29)17-10-11-18-20(14-17)25-16(3)15(2)24-18/h5-6,8-11,14H,4,7,12-13H2,1-3H3,(H,26,27,29). The zero-order chi connectivity index (χ0) is 21.1. The normalized spacial score (nSPS) is 11.3. The first-order valence-corrected chi connectivity index (χ1v) is 10.2. The van der Waals surface area contributed by atoms with Crippen molar-refractivity contribution in [3.8, 4) is 0 Å². The van der Waals surface area contributed by atoms with Gasteiger partial charge < -0.3 is 9.30 Å². The number of carbonyl (C=O) groups is 1. The highest BCUT2D eigenvalue weighted by Gasteiger charge is 2.15. The molecule has 7 heteroatoms. The van der Waals surface area contributed by atoms with Gasteiger partial charge >= 0.3 is 0 Å². The Balaban J connectivity index is 1.62. The summed E-state index contributed by atoms with van der Waals surface area (Å²) in [7, 11) is 0. The van der Waals surface area contributed by atoms with Gasteiger partial charge in [0.15, 0.2) is 0 Å². The lowest BCUT2D eigenvalue weighted by Gasteiger charge is -2.11. The lowest BCUT2D eigenvalue weighted by molar-refractivity contribution is 0.102. The number of carbonyl (C=O) groups excluding carboxylic acids is 1. The van der Waals surface area contributed by atoms with Gasteiger partial charge in [0, 0.05) is 25.3 Å². The Morgan fingerprint density at radius 3 is 2.57 bits per heavy atom. The quantitative estimate of drug-likeness (QED) is 0.466. The number of imidazole rings is 1. The SMILES string of the molecule is CCOCCCn1c(NC(=O)c2ccc3nc(C)c(C)nc3c2)nc2ccccc21. The van der Waals surface area contributed by atoms with Gasteiger partial charge in [-0.2, -0.15) is 0 Å². The zero-order valence-corrected chi connectivity index (χ0v) is 17.5. The molecule has 2 heterocycles. The molecule has 0 saturated heterocycles. The molecule has 0 aliphatic heterocycles. The molecule has 0 saturated carbocycles. The number of para-hydroxylation sites is 2. The Labute approximate surface area is 175 Å². The minimum absolute atomic E-state index is 0.224. The number of amides is 1. The summed E-state index contributed by atoms with van der Waals surface area (Å²) in [5, 5.41) is 2.97. The molecule has 0 aliphatic rings. The number of fused-ring (bicyclic) bond motifs is 2. The van der Waals surface area contributed by atoms with Crippen LogP contribution in [0.1, 0.15) is 35.1 Å². The number of aromatic nitrogens is 4. The van der Waals surface area contributed by atoms with E-state index in [4.69, 9.17) is 4.74 Å². The molecule has 7 nitrogen and oxygen atoms in total. The van der Waals surface area contributed by atoms with Crippen LogP contribution in [0.3, 0.4) is 0 Å². The molecule has 0 aliphatic carbocycles. The number of hydrogen-bond donors (Lipinski definition) is 1. The van der Waals surface area contributed by atoms with Gasteiger partial charge in [-0.15, -0.1) is 0 Å². The second kappa shape index (κ2) is 8.59. The molecule has 4 rings (SSSR count). The summed E-state index contributed by atoms with van der Waals surface area (Å²) in [4.78, 5) is 26.7. The van der Waals surface area contributed by atoms with E-state index in [0.717, 1.165) is 34.4 Å². The van der Waals surface area contributed by atoms with Crippen molar-refractivity contribution in [2.75, 3.05) is 18.5 Å². The fourth-order valence-electron chi connectivity index (χ4n) is 3.41. The molecule has 1 N–H and O–H groups in total. The lowest BCUT2D eigenvalue weighted by atomic mass is 10.1. The Morgan fingerprint density at radius 1 is 1.00 bits per heavy atom. The zero-order valence-electron chi connectivity index (χ0n) is 17.5.